The van der Waals surface area contributed by atoms with Crippen molar-refractivity contribution in [3.05, 3.63) is 144 Å². The summed E-state index contributed by atoms with van der Waals surface area (Å²) in [6.07, 6.45) is -0.588. The number of ether oxygens (including phenoxy) is 1. The molecule has 51 heavy (non-hydrogen) atoms. The highest BCUT2D eigenvalue weighted by Crippen LogP contribution is 2.15. The number of nitrogens with one attached hydrogen (secondary N) is 1. The van der Waals surface area contributed by atoms with Crippen molar-refractivity contribution in [1.82, 2.24) is 24.9 Å². The zero-order valence-electron chi connectivity index (χ0n) is 29.2. The fourth-order valence-electron chi connectivity index (χ4n) is 6.28. The largest absolute Gasteiger partial charge is 0.453 e. The maximum absolute atomic E-state index is 13.0. The number of alkyl carbamates (subject to hydrolysis) is 1. The topological polar surface area (TPSA) is 111 Å². The van der Waals surface area contributed by atoms with E-state index in [4.69, 9.17) is 10.5 Å². The first kappa shape index (κ1) is 39.2. The van der Waals surface area contributed by atoms with E-state index in [0.717, 1.165) is 37.3 Å². The lowest BCUT2D eigenvalue weighted by Crippen LogP contribution is -2.50. The van der Waals surface area contributed by atoms with Gasteiger partial charge in [0.2, 0.25) is 11.8 Å². The fraction of sp³-hybridized carbons (Fsp3) is 0.325. The average molecular weight is 758 g/mol. The van der Waals surface area contributed by atoms with Crippen LogP contribution in [0.15, 0.2) is 121 Å². The molecule has 0 aromatic heterocycles. The number of halogens is 1. The molecule has 0 radical (unpaired) electrons. The molecule has 11 heteroatoms. The fourth-order valence-corrected chi connectivity index (χ4v) is 6.28. The van der Waals surface area contributed by atoms with Gasteiger partial charge in [0.1, 0.15) is 6.04 Å². The predicted octanol–water partition coefficient (Wildman–Crippen LogP) is 4.69. The van der Waals surface area contributed by atoms with Crippen molar-refractivity contribution in [2.45, 2.75) is 38.3 Å². The minimum atomic E-state index is -0.632. The Morgan fingerprint density at radius 1 is 0.608 bits per heavy atom. The number of hydrogen-bond acceptors (Lipinski definition) is 7. The first-order valence-electron chi connectivity index (χ1n) is 17.2. The molecule has 2 aliphatic heterocycles. The minimum absolute atomic E-state index is 0. The molecule has 2 fully saturated rings. The van der Waals surface area contributed by atoms with Crippen LogP contribution < -0.4 is 11.1 Å². The maximum atomic E-state index is 13.0. The molecule has 4 aromatic carbocycles. The predicted molar refractivity (Wildman–Crippen MR) is 205 cm³/mol. The lowest BCUT2D eigenvalue weighted by atomic mass is 10.2. The summed E-state index contributed by atoms with van der Waals surface area (Å²) in [4.78, 5) is 45.4. The molecule has 2 atom stereocenters. The van der Waals surface area contributed by atoms with Crippen molar-refractivity contribution in [3.8, 4) is 0 Å². The highest BCUT2D eigenvalue weighted by Gasteiger charge is 2.32. The monoisotopic (exact) mass is 756 g/mol. The number of hydrogen-bond donors (Lipinski definition) is 2. The number of carbonyl (C=O) groups is 3. The molecule has 3 amide bonds. The van der Waals surface area contributed by atoms with Crippen LogP contribution in [0.4, 0.5) is 4.79 Å². The van der Waals surface area contributed by atoms with Crippen molar-refractivity contribution >= 4 is 34.9 Å². The van der Waals surface area contributed by atoms with Gasteiger partial charge < -0.3 is 25.6 Å². The molecule has 270 valence electrons. The minimum Gasteiger partial charge on any atom is -0.453 e. The van der Waals surface area contributed by atoms with Gasteiger partial charge in [-0.15, -0.1) is 17.0 Å². The zero-order valence-corrected chi connectivity index (χ0v) is 30.9. The molecule has 3 N–H and O–H groups in total. The van der Waals surface area contributed by atoms with E-state index in [1.807, 2.05) is 102 Å². The van der Waals surface area contributed by atoms with E-state index < -0.39 is 18.2 Å². The van der Waals surface area contributed by atoms with Crippen LogP contribution >= 0.6 is 17.0 Å². The molecule has 2 heterocycles. The van der Waals surface area contributed by atoms with Gasteiger partial charge >= 0.3 is 6.09 Å². The first-order chi connectivity index (χ1) is 24.4. The number of nitrogens with two attached hydrogens (primary N) is 1. The van der Waals surface area contributed by atoms with Crippen LogP contribution in [-0.2, 0) is 40.5 Å². The van der Waals surface area contributed by atoms with Gasteiger partial charge in [0.05, 0.1) is 13.2 Å². The standard InChI is InChI=1S/C21H25N3O3.C19H23N3O.BrH/c1-27-21(26)22-19-16-23(14-17-8-4-2-5-9-17)12-13-24(20(19)25)15-18-10-6-3-7-11-18;20-18-15-21(13-16-7-3-1-4-8-16)11-12-22(19(18)23)14-17-9-5-2-6-10-17;/h2-11,19H,12-16H2,1H3,(H,22,26);1-10,18H,11-15,20H2;1H. The third-order valence-electron chi connectivity index (χ3n) is 8.91. The van der Waals surface area contributed by atoms with Crippen LogP contribution in [0.1, 0.15) is 22.3 Å². The van der Waals surface area contributed by atoms with Crippen LogP contribution in [-0.4, -0.2) is 96.0 Å². The molecule has 6 rings (SSSR count). The molecule has 0 bridgehead atoms. The Balaban J connectivity index is 0.000000227. The molecule has 2 unspecified atom stereocenters. The van der Waals surface area contributed by atoms with Gasteiger partial charge in [0, 0.05) is 65.4 Å². The molecule has 10 nitrogen and oxygen atoms in total. The van der Waals surface area contributed by atoms with Crippen LogP contribution in [0, 0.1) is 0 Å². The van der Waals surface area contributed by atoms with Gasteiger partial charge in [0.25, 0.3) is 0 Å². The van der Waals surface area contributed by atoms with E-state index in [1.54, 1.807) is 4.90 Å². The van der Waals surface area contributed by atoms with E-state index in [0.29, 0.717) is 39.3 Å². The van der Waals surface area contributed by atoms with Gasteiger partial charge in [-0.25, -0.2) is 4.79 Å². The van der Waals surface area contributed by atoms with Crippen molar-refractivity contribution in [2.75, 3.05) is 46.4 Å². The van der Waals surface area contributed by atoms with Crippen molar-refractivity contribution < 1.29 is 19.1 Å². The maximum Gasteiger partial charge on any atom is 0.407 e. The number of rotatable bonds is 9. The first-order valence-corrected chi connectivity index (χ1v) is 17.2. The Morgan fingerprint density at radius 3 is 1.39 bits per heavy atom. The third-order valence-corrected chi connectivity index (χ3v) is 8.91. The number of benzene rings is 4. The van der Waals surface area contributed by atoms with Crippen LogP contribution in [0.3, 0.4) is 0 Å². The van der Waals surface area contributed by atoms with E-state index >= 15 is 0 Å². The van der Waals surface area contributed by atoms with Crippen LogP contribution in [0.25, 0.3) is 0 Å². The van der Waals surface area contributed by atoms with Gasteiger partial charge in [-0.3, -0.25) is 19.4 Å². The Kier molecular flexibility index (Phi) is 15.6. The van der Waals surface area contributed by atoms with Gasteiger partial charge in [-0.1, -0.05) is 121 Å². The summed E-state index contributed by atoms with van der Waals surface area (Å²) in [5.41, 5.74) is 10.8. The molecular weight excluding hydrogens is 708 g/mol. The summed E-state index contributed by atoms with van der Waals surface area (Å²) >= 11 is 0. The molecule has 0 spiro atoms. The van der Waals surface area contributed by atoms with Gasteiger partial charge in [0.15, 0.2) is 0 Å². The second-order valence-electron chi connectivity index (χ2n) is 12.7. The third kappa shape index (κ3) is 12.3. The summed E-state index contributed by atoms with van der Waals surface area (Å²) in [7, 11) is 1.31. The van der Waals surface area contributed by atoms with Crippen molar-refractivity contribution in [2.24, 2.45) is 5.73 Å². The summed E-state index contributed by atoms with van der Waals surface area (Å²) in [5.74, 6) is -0.0378. The molecule has 0 aliphatic carbocycles. The average Bonchev–Trinajstić information content (AvgIpc) is 3.37. The molecule has 4 aromatic rings. The van der Waals surface area contributed by atoms with Crippen LogP contribution in [0.5, 0.6) is 0 Å². The second kappa shape index (κ2) is 20.3. The molecule has 0 saturated carbocycles. The Labute approximate surface area is 311 Å². The lowest BCUT2D eigenvalue weighted by molar-refractivity contribution is -0.133. The zero-order chi connectivity index (χ0) is 35.1. The summed E-state index contributed by atoms with van der Waals surface area (Å²) in [5, 5.41) is 2.70. The second-order valence-corrected chi connectivity index (χ2v) is 12.7. The Bertz CT molecular complexity index is 1630. The number of amides is 3. The normalized spacial score (nSPS) is 18.4. The Morgan fingerprint density at radius 2 is 0.980 bits per heavy atom. The molecule has 2 saturated heterocycles. The van der Waals surface area contributed by atoms with Crippen molar-refractivity contribution in [3.63, 3.8) is 0 Å². The highest BCUT2D eigenvalue weighted by atomic mass is 79.9. The van der Waals surface area contributed by atoms with E-state index in [2.05, 4.69) is 39.4 Å². The Hall–Kier alpha value is -4.55. The quantitative estimate of drug-likeness (QED) is 0.255. The smallest absolute Gasteiger partial charge is 0.407 e. The summed E-state index contributed by atoms with van der Waals surface area (Å²) in [6, 6.07) is 39.3. The van der Waals surface area contributed by atoms with E-state index in [-0.39, 0.29) is 28.8 Å². The lowest BCUT2D eigenvalue weighted by Gasteiger charge is -2.24. The van der Waals surface area contributed by atoms with Gasteiger partial charge in [-0.2, -0.15) is 0 Å². The number of carbonyl (C=O) groups excluding carboxylic acids is 3. The molecule has 2 aliphatic rings. The summed E-state index contributed by atoms with van der Waals surface area (Å²) in [6.45, 7) is 6.70. The highest BCUT2D eigenvalue weighted by molar-refractivity contribution is 8.93. The van der Waals surface area contributed by atoms with E-state index in [1.165, 1.54) is 18.2 Å². The van der Waals surface area contributed by atoms with E-state index in [9.17, 15) is 14.4 Å². The number of nitrogens with zero attached hydrogens (tertiary/aromatic N) is 4. The summed E-state index contributed by atoms with van der Waals surface area (Å²) < 4.78 is 4.71. The van der Waals surface area contributed by atoms with Gasteiger partial charge in [-0.05, 0) is 22.3 Å². The molecular formula is C40H49BrN6O4. The van der Waals surface area contributed by atoms with Crippen LogP contribution in [0.2, 0.25) is 0 Å². The SMILES string of the molecule is Br.COC(=O)NC1CN(Cc2ccccc2)CCN(Cc2ccccc2)C1=O.NC1CN(Cc2ccccc2)CCN(Cc2ccccc2)C1=O. The number of methoxy groups -OCH3 is 1. The van der Waals surface area contributed by atoms with Crippen molar-refractivity contribution in [1.29, 1.82) is 0 Å².